The first kappa shape index (κ1) is 10.9. The van der Waals surface area contributed by atoms with Crippen molar-refractivity contribution in [3.63, 3.8) is 0 Å². The number of nitrogens with zero attached hydrogens (tertiary/aromatic N) is 5. The maximum absolute atomic E-state index is 11.9. The van der Waals surface area contributed by atoms with Crippen LogP contribution >= 0.6 is 0 Å². The molecule has 0 atom stereocenters. The Morgan fingerprint density at radius 1 is 1.50 bits per heavy atom. The lowest BCUT2D eigenvalue weighted by atomic mass is 10.1. The van der Waals surface area contributed by atoms with Gasteiger partial charge in [-0.1, -0.05) is 0 Å². The topological polar surface area (TPSA) is 77.6 Å². The Labute approximate surface area is 103 Å². The monoisotopic (exact) mass is 246 g/mol. The van der Waals surface area contributed by atoms with E-state index < -0.39 is 0 Å². The van der Waals surface area contributed by atoms with Gasteiger partial charge in [-0.3, -0.25) is 9.48 Å². The Balaban J connectivity index is 1.97. The van der Waals surface area contributed by atoms with Gasteiger partial charge in [-0.2, -0.15) is 10.2 Å². The molecule has 1 N–H and O–H groups in total. The number of aryl methyl sites for hydroxylation is 2. The molecule has 0 saturated heterocycles. The summed E-state index contributed by atoms with van der Waals surface area (Å²) in [5.41, 5.74) is 1.69. The number of hydrogen-bond donors (Lipinski definition) is 1. The van der Waals surface area contributed by atoms with Gasteiger partial charge in [0.1, 0.15) is 18.7 Å². The molecule has 1 aliphatic heterocycles. The largest absolute Gasteiger partial charge is 0.383 e. The van der Waals surface area contributed by atoms with Crippen molar-refractivity contribution in [3.05, 3.63) is 34.3 Å². The van der Waals surface area contributed by atoms with Crippen LogP contribution < -0.4 is 10.9 Å². The summed E-state index contributed by atoms with van der Waals surface area (Å²) in [4.78, 5) is 16.0. The molecule has 94 valence electrons. The minimum absolute atomic E-state index is 0.119. The molecule has 3 rings (SSSR count). The third kappa shape index (κ3) is 1.87. The predicted molar refractivity (Wildman–Crippen MR) is 65.4 cm³/mol. The molecule has 1 aliphatic rings. The van der Waals surface area contributed by atoms with Crippen LogP contribution in [0.5, 0.6) is 0 Å². The average Bonchev–Trinajstić information content (AvgIpc) is 2.76. The Hall–Kier alpha value is -2.18. The van der Waals surface area contributed by atoms with E-state index in [2.05, 4.69) is 20.5 Å². The van der Waals surface area contributed by atoms with E-state index in [0.717, 1.165) is 30.8 Å². The Kier molecular flexibility index (Phi) is 2.58. The zero-order chi connectivity index (χ0) is 12.5. The van der Waals surface area contributed by atoms with Gasteiger partial charge >= 0.3 is 0 Å². The van der Waals surface area contributed by atoms with E-state index in [1.807, 2.05) is 0 Å². The fourth-order valence-corrected chi connectivity index (χ4v) is 2.06. The van der Waals surface area contributed by atoms with Crippen LogP contribution in [0.15, 0.2) is 17.2 Å². The molecule has 2 aromatic heterocycles. The quantitative estimate of drug-likeness (QED) is 0.792. The van der Waals surface area contributed by atoms with Gasteiger partial charge in [0, 0.05) is 19.7 Å². The third-order valence-electron chi connectivity index (χ3n) is 3.08. The zero-order valence-corrected chi connectivity index (χ0v) is 10.1. The van der Waals surface area contributed by atoms with Crippen LogP contribution in [0.3, 0.4) is 0 Å². The SMILES string of the molecule is Cn1ncnc1Cn1nc2c(cc1=O)NCCC2. The van der Waals surface area contributed by atoms with Gasteiger partial charge in [-0.05, 0) is 12.8 Å². The minimum atomic E-state index is -0.119. The van der Waals surface area contributed by atoms with Crippen molar-refractivity contribution in [2.45, 2.75) is 19.4 Å². The van der Waals surface area contributed by atoms with Crippen LogP contribution in [-0.2, 0) is 20.0 Å². The van der Waals surface area contributed by atoms with Crippen molar-refractivity contribution < 1.29 is 0 Å². The van der Waals surface area contributed by atoms with Crippen molar-refractivity contribution in [1.29, 1.82) is 0 Å². The highest BCUT2D eigenvalue weighted by Gasteiger charge is 2.13. The summed E-state index contributed by atoms with van der Waals surface area (Å²) in [6, 6.07) is 1.61. The van der Waals surface area contributed by atoms with Crippen molar-refractivity contribution >= 4 is 5.69 Å². The fourth-order valence-electron chi connectivity index (χ4n) is 2.06. The number of anilines is 1. The van der Waals surface area contributed by atoms with E-state index in [-0.39, 0.29) is 5.56 Å². The zero-order valence-electron chi connectivity index (χ0n) is 10.1. The molecule has 3 heterocycles. The van der Waals surface area contributed by atoms with E-state index in [1.54, 1.807) is 17.8 Å². The first-order valence-electron chi connectivity index (χ1n) is 5.92. The molecule has 0 aliphatic carbocycles. The van der Waals surface area contributed by atoms with E-state index in [9.17, 15) is 4.79 Å². The number of rotatable bonds is 2. The lowest BCUT2D eigenvalue weighted by molar-refractivity contribution is 0.564. The number of hydrogen-bond acceptors (Lipinski definition) is 5. The molecule has 0 fully saturated rings. The summed E-state index contributed by atoms with van der Waals surface area (Å²) < 4.78 is 3.08. The maximum Gasteiger partial charge on any atom is 0.269 e. The van der Waals surface area contributed by atoms with Gasteiger partial charge in [0.25, 0.3) is 5.56 Å². The van der Waals surface area contributed by atoms with Crippen molar-refractivity contribution in [2.24, 2.45) is 7.05 Å². The van der Waals surface area contributed by atoms with Crippen molar-refractivity contribution in [3.8, 4) is 0 Å². The number of fused-ring (bicyclic) bond motifs is 1. The van der Waals surface area contributed by atoms with Crippen LogP contribution in [0.1, 0.15) is 17.9 Å². The summed E-state index contributed by atoms with van der Waals surface area (Å²) in [6.45, 7) is 1.25. The van der Waals surface area contributed by atoms with Crippen molar-refractivity contribution in [1.82, 2.24) is 24.5 Å². The lowest BCUT2D eigenvalue weighted by Gasteiger charge is -2.17. The van der Waals surface area contributed by atoms with Crippen LogP contribution in [0.4, 0.5) is 5.69 Å². The third-order valence-corrected chi connectivity index (χ3v) is 3.08. The van der Waals surface area contributed by atoms with Gasteiger partial charge in [0.2, 0.25) is 0 Å². The Morgan fingerprint density at radius 2 is 2.39 bits per heavy atom. The first-order chi connectivity index (χ1) is 8.74. The number of aromatic nitrogens is 5. The number of nitrogens with one attached hydrogen (secondary N) is 1. The van der Waals surface area contributed by atoms with Gasteiger partial charge in [-0.25, -0.2) is 9.67 Å². The second-order valence-electron chi connectivity index (χ2n) is 4.33. The summed E-state index contributed by atoms with van der Waals surface area (Å²) in [5, 5.41) is 11.6. The van der Waals surface area contributed by atoms with E-state index >= 15 is 0 Å². The summed E-state index contributed by atoms with van der Waals surface area (Å²) >= 11 is 0. The molecule has 7 nitrogen and oxygen atoms in total. The molecule has 0 aromatic carbocycles. The van der Waals surface area contributed by atoms with E-state index in [4.69, 9.17) is 0 Å². The highest BCUT2D eigenvalue weighted by atomic mass is 16.1. The molecule has 0 spiro atoms. The predicted octanol–water partition coefficient (Wildman–Crippen LogP) is -0.222. The van der Waals surface area contributed by atoms with Crippen molar-refractivity contribution in [2.75, 3.05) is 11.9 Å². The van der Waals surface area contributed by atoms with Gasteiger partial charge in [0.15, 0.2) is 0 Å². The first-order valence-corrected chi connectivity index (χ1v) is 5.92. The molecule has 0 saturated carbocycles. The highest BCUT2D eigenvalue weighted by Crippen LogP contribution is 2.16. The highest BCUT2D eigenvalue weighted by molar-refractivity contribution is 5.48. The Bertz CT molecular complexity index is 629. The van der Waals surface area contributed by atoms with Crippen LogP contribution in [-0.4, -0.2) is 31.1 Å². The fraction of sp³-hybridized carbons (Fsp3) is 0.455. The minimum Gasteiger partial charge on any atom is -0.383 e. The van der Waals surface area contributed by atoms with Gasteiger partial charge < -0.3 is 5.32 Å². The molecule has 18 heavy (non-hydrogen) atoms. The van der Waals surface area contributed by atoms with E-state index in [1.165, 1.54) is 11.0 Å². The van der Waals surface area contributed by atoms with Crippen LogP contribution in [0.2, 0.25) is 0 Å². The summed E-state index contributed by atoms with van der Waals surface area (Å²) in [6.07, 6.45) is 3.42. The average molecular weight is 246 g/mol. The molecule has 0 amide bonds. The lowest BCUT2D eigenvalue weighted by Crippen LogP contribution is -2.28. The van der Waals surface area contributed by atoms with Gasteiger partial charge in [0.05, 0.1) is 11.4 Å². The van der Waals surface area contributed by atoms with Gasteiger partial charge in [-0.15, -0.1) is 0 Å². The van der Waals surface area contributed by atoms with Crippen LogP contribution in [0, 0.1) is 0 Å². The van der Waals surface area contributed by atoms with Crippen LogP contribution in [0.25, 0.3) is 0 Å². The Morgan fingerprint density at radius 3 is 3.17 bits per heavy atom. The van der Waals surface area contributed by atoms with E-state index in [0.29, 0.717) is 12.4 Å². The second kappa shape index (κ2) is 4.25. The maximum atomic E-state index is 11.9. The standard InChI is InChI=1S/C11H14N6O/c1-16-10(13-7-14-16)6-17-11(18)5-9-8(15-17)3-2-4-12-9/h5,7,12H,2-4,6H2,1H3. The summed E-state index contributed by atoms with van der Waals surface area (Å²) in [5.74, 6) is 0.716. The molecule has 7 heteroatoms. The molecule has 2 aromatic rings. The smallest absolute Gasteiger partial charge is 0.269 e. The molecule has 0 unspecified atom stereocenters. The molecular formula is C11H14N6O. The summed E-state index contributed by atoms with van der Waals surface area (Å²) in [7, 11) is 1.80. The second-order valence-corrected chi connectivity index (χ2v) is 4.33. The molecule has 0 radical (unpaired) electrons. The molecular weight excluding hydrogens is 232 g/mol. The normalized spacial score (nSPS) is 14.1. The molecule has 0 bridgehead atoms.